The lowest BCUT2D eigenvalue weighted by Crippen LogP contribution is -2.47. The molecule has 1 aromatic carbocycles. The number of piperidine rings is 1. The van der Waals surface area contributed by atoms with Gasteiger partial charge >= 0.3 is 6.18 Å². The highest BCUT2D eigenvalue weighted by Crippen LogP contribution is 2.32. The summed E-state index contributed by atoms with van der Waals surface area (Å²) in [5.41, 5.74) is -0.696. The van der Waals surface area contributed by atoms with E-state index >= 15 is 0 Å². The van der Waals surface area contributed by atoms with Crippen molar-refractivity contribution in [3.63, 3.8) is 0 Å². The Morgan fingerprint density at radius 3 is 2.71 bits per heavy atom. The minimum absolute atomic E-state index is 0. The topological polar surface area (TPSA) is 68.2 Å². The zero-order valence-electron chi connectivity index (χ0n) is 15.3. The number of nitrogens with one attached hydrogen (secondary N) is 2. The lowest BCUT2D eigenvalue weighted by molar-refractivity contribution is -0.137. The molecule has 1 saturated heterocycles. The van der Waals surface area contributed by atoms with Gasteiger partial charge in [-0.2, -0.15) is 18.3 Å². The van der Waals surface area contributed by atoms with Crippen LogP contribution in [0.5, 0.6) is 0 Å². The fraction of sp³-hybridized carbons (Fsp3) is 0.444. The first-order valence-corrected chi connectivity index (χ1v) is 8.57. The summed E-state index contributed by atoms with van der Waals surface area (Å²) in [6.45, 7) is 1.75. The maximum Gasteiger partial charge on any atom is 0.416 e. The molecule has 2 aromatic rings. The molecule has 10 heteroatoms. The van der Waals surface area contributed by atoms with Crippen molar-refractivity contribution in [2.24, 2.45) is 5.41 Å². The standard InChI is InChI=1S/C18H21F3N4O2.ClH/c1-27-12-17(5-7-22-8-6-17)16(26)24-14-10-23-25(11-14)15-4-2-3-13(9-15)18(19,20)21;/h2-4,9-11,22H,5-8,12H2,1H3,(H,24,26);1H. The molecule has 2 N–H and O–H groups in total. The van der Waals surface area contributed by atoms with Crippen molar-refractivity contribution in [1.82, 2.24) is 15.1 Å². The Morgan fingerprint density at radius 1 is 1.36 bits per heavy atom. The van der Waals surface area contributed by atoms with Crippen LogP contribution >= 0.6 is 12.4 Å². The van der Waals surface area contributed by atoms with E-state index < -0.39 is 17.2 Å². The molecule has 1 fully saturated rings. The SMILES string of the molecule is COCC1(C(=O)Nc2cnn(-c3cccc(C(F)(F)F)c3)c2)CCNCC1.Cl. The van der Waals surface area contributed by atoms with Crippen LogP contribution < -0.4 is 10.6 Å². The van der Waals surface area contributed by atoms with E-state index in [9.17, 15) is 18.0 Å². The minimum Gasteiger partial charge on any atom is -0.384 e. The summed E-state index contributed by atoms with van der Waals surface area (Å²) < 4.78 is 45.2. The normalized spacial score (nSPS) is 16.3. The van der Waals surface area contributed by atoms with E-state index in [0.717, 1.165) is 25.2 Å². The summed E-state index contributed by atoms with van der Waals surface area (Å²) >= 11 is 0. The van der Waals surface area contributed by atoms with Crippen molar-refractivity contribution in [1.29, 1.82) is 0 Å². The van der Waals surface area contributed by atoms with Gasteiger partial charge in [0.1, 0.15) is 0 Å². The Hall–Kier alpha value is -2.10. The number of carbonyl (C=O) groups is 1. The van der Waals surface area contributed by atoms with Crippen LogP contribution in [0.2, 0.25) is 0 Å². The molecule has 1 amide bonds. The predicted octanol–water partition coefficient (Wildman–Crippen LogP) is 3.27. The molecule has 1 aliphatic heterocycles. The number of hydrogen-bond donors (Lipinski definition) is 2. The molecular weight excluding hydrogens is 397 g/mol. The van der Waals surface area contributed by atoms with Gasteiger partial charge in [0.2, 0.25) is 5.91 Å². The van der Waals surface area contributed by atoms with Gasteiger partial charge in [-0.05, 0) is 44.1 Å². The van der Waals surface area contributed by atoms with Crippen LogP contribution in [0.4, 0.5) is 18.9 Å². The Balaban J connectivity index is 0.00000280. The van der Waals surface area contributed by atoms with E-state index in [0.29, 0.717) is 25.1 Å². The van der Waals surface area contributed by atoms with Gasteiger partial charge in [-0.25, -0.2) is 4.68 Å². The third-order valence-corrected chi connectivity index (χ3v) is 4.74. The van der Waals surface area contributed by atoms with E-state index in [1.165, 1.54) is 29.2 Å². The molecule has 28 heavy (non-hydrogen) atoms. The van der Waals surface area contributed by atoms with Gasteiger partial charge in [-0.1, -0.05) is 6.07 Å². The third-order valence-electron chi connectivity index (χ3n) is 4.74. The lowest BCUT2D eigenvalue weighted by Gasteiger charge is -2.35. The van der Waals surface area contributed by atoms with Crippen LogP contribution in [0.1, 0.15) is 18.4 Å². The molecule has 3 rings (SSSR count). The molecule has 0 radical (unpaired) electrons. The van der Waals surface area contributed by atoms with E-state index in [4.69, 9.17) is 4.74 Å². The van der Waals surface area contributed by atoms with Gasteiger partial charge in [0.25, 0.3) is 0 Å². The maximum absolute atomic E-state index is 12.9. The van der Waals surface area contributed by atoms with Gasteiger partial charge in [-0.3, -0.25) is 4.79 Å². The second-order valence-corrected chi connectivity index (χ2v) is 6.64. The van der Waals surface area contributed by atoms with Gasteiger partial charge in [-0.15, -0.1) is 12.4 Å². The van der Waals surface area contributed by atoms with Crippen molar-refractivity contribution < 1.29 is 22.7 Å². The maximum atomic E-state index is 12.9. The summed E-state index contributed by atoms with van der Waals surface area (Å²) in [4.78, 5) is 12.8. The van der Waals surface area contributed by atoms with Crippen molar-refractivity contribution >= 4 is 24.0 Å². The Labute approximate surface area is 166 Å². The van der Waals surface area contributed by atoms with Gasteiger partial charge in [0, 0.05) is 7.11 Å². The molecule has 0 spiro atoms. The molecular formula is C18H22ClF3N4O2. The van der Waals surface area contributed by atoms with Crippen molar-refractivity contribution in [3.05, 3.63) is 42.2 Å². The third kappa shape index (κ3) is 4.84. The number of methoxy groups -OCH3 is 1. The number of amides is 1. The quantitative estimate of drug-likeness (QED) is 0.782. The number of anilines is 1. The van der Waals surface area contributed by atoms with Crippen molar-refractivity contribution in [2.75, 3.05) is 32.1 Å². The number of ether oxygens (including phenoxy) is 1. The lowest BCUT2D eigenvalue weighted by atomic mass is 9.78. The number of alkyl halides is 3. The molecule has 1 aliphatic rings. The number of hydrogen-bond acceptors (Lipinski definition) is 4. The van der Waals surface area contributed by atoms with Crippen molar-refractivity contribution in [3.8, 4) is 5.69 Å². The molecule has 0 unspecified atom stereocenters. The predicted molar refractivity (Wildman–Crippen MR) is 101 cm³/mol. The van der Waals surface area contributed by atoms with Crippen LogP contribution in [-0.4, -0.2) is 42.5 Å². The Morgan fingerprint density at radius 2 is 2.07 bits per heavy atom. The summed E-state index contributed by atoms with van der Waals surface area (Å²) in [7, 11) is 1.56. The first-order chi connectivity index (χ1) is 12.8. The molecule has 0 aliphatic carbocycles. The molecule has 6 nitrogen and oxygen atoms in total. The zero-order valence-corrected chi connectivity index (χ0v) is 16.1. The number of halogens is 4. The molecule has 2 heterocycles. The van der Waals surface area contributed by atoms with Crippen LogP contribution in [-0.2, 0) is 15.7 Å². The highest BCUT2D eigenvalue weighted by molar-refractivity contribution is 5.95. The minimum atomic E-state index is -4.43. The highest BCUT2D eigenvalue weighted by Gasteiger charge is 2.39. The highest BCUT2D eigenvalue weighted by atomic mass is 35.5. The largest absolute Gasteiger partial charge is 0.416 e. The summed E-state index contributed by atoms with van der Waals surface area (Å²) in [6.07, 6.45) is -0.223. The molecule has 0 bridgehead atoms. The number of rotatable bonds is 5. The van der Waals surface area contributed by atoms with Gasteiger partial charge in [0.05, 0.1) is 41.4 Å². The monoisotopic (exact) mass is 418 g/mol. The summed E-state index contributed by atoms with van der Waals surface area (Å²) in [6, 6.07) is 4.85. The molecule has 154 valence electrons. The molecule has 0 saturated carbocycles. The number of nitrogens with zero attached hydrogens (tertiary/aromatic N) is 2. The first-order valence-electron chi connectivity index (χ1n) is 8.57. The summed E-state index contributed by atoms with van der Waals surface area (Å²) in [5.74, 6) is -0.172. The molecule has 1 aromatic heterocycles. The molecule has 0 atom stereocenters. The number of carbonyl (C=O) groups excluding carboxylic acids is 1. The smallest absolute Gasteiger partial charge is 0.384 e. The van der Waals surface area contributed by atoms with E-state index in [-0.39, 0.29) is 24.0 Å². The Bertz CT molecular complexity index is 799. The van der Waals surface area contributed by atoms with E-state index in [2.05, 4.69) is 15.7 Å². The first kappa shape index (κ1) is 22.2. The zero-order chi connectivity index (χ0) is 19.5. The summed E-state index contributed by atoms with van der Waals surface area (Å²) in [5, 5.41) is 10.1. The van der Waals surface area contributed by atoms with Crippen LogP contribution in [0.25, 0.3) is 5.69 Å². The fourth-order valence-corrected chi connectivity index (χ4v) is 3.24. The second-order valence-electron chi connectivity index (χ2n) is 6.64. The van der Waals surface area contributed by atoms with E-state index in [1.807, 2.05) is 0 Å². The Kier molecular flexibility index (Phi) is 7.08. The van der Waals surface area contributed by atoms with Gasteiger partial charge in [0.15, 0.2) is 0 Å². The average molecular weight is 419 g/mol. The number of aromatic nitrogens is 2. The number of benzene rings is 1. The van der Waals surface area contributed by atoms with Gasteiger partial charge < -0.3 is 15.4 Å². The van der Waals surface area contributed by atoms with Crippen LogP contribution in [0, 0.1) is 5.41 Å². The second kappa shape index (κ2) is 8.93. The van der Waals surface area contributed by atoms with Crippen LogP contribution in [0.15, 0.2) is 36.7 Å². The van der Waals surface area contributed by atoms with Crippen molar-refractivity contribution in [2.45, 2.75) is 19.0 Å². The van der Waals surface area contributed by atoms with E-state index in [1.54, 1.807) is 7.11 Å². The van der Waals surface area contributed by atoms with Crippen LogP contribution in [0.3, 0.4) is 0 Å². The fourth-order valence-electron chi connectivity index (χ4n) is 3.24. The average Bonchev–Trinajstić information content (AvgIpc) is 3.11.